The highest BCUT2D eigenvalue weighted by molar-refractivity contribution is 6.83. The van der Waals surface area contributed by atoms with Crippen LogP contribution in [-0.2, 0) is 9.59 Å². The second kappa shape index (κ2) is 17.1. The van der Waals surface area contributed by atoms with Crippen LogP contribution in [0.15, 0.2) is 73.8 Å². The fraction of sp³-hybridized carbons (Fsp3) is 0.222. The number of amides is 3. The van der Waals surface area contributed by atoms with E-state index in [1.165, 1.54) is 60.4 Å². The summed E-state index contributed by atoms with van der Waals surface area (Å²) in [5, 5.41) is 2.28. The quantitative estimate of drug-likeness (QED) is 0.0955. The monoisotopic (exact) mass is 774 g/mol. The second-order valence-corrected chi connectivity index (χ2v) is 12.6. The third-order valence-corrected chi connectivity index (χ3v) is 9.06. The fourth-order valence-electron chi connectivity index (χ4n) is 6.07. The molecule has 0 saturated carbocycles. The van der Waals surface area contributed by atoms with Gasteiger partial charge in [0.25, 0.3) is 28.7 Å². The highest BCUT2D eigenvalue weighted by Gasteiger charge is 2.31. The largest absolute Gasteiger partial charge is 0.360 e. The Hall–Kier alpha value is -6.53. The number of nitrogens with zero attached hydrogens (tertiary/aromatic N) is 5. The van der Waals surface area contributed by atoms with Crippen LogP contribution >= 0.6 is 11.6 Å². The molecule has 4 aromatic heterocycles. The number of nitrogens with one attached hydrogen (secondary N) is 5. The lowest BCUT2D eigenvalue weighted by atomic mass is 10.1. The molecule has 2 aliphatic heterocycles. The lowest BCUT2D eigenvalue weighted by Gasteiger charge is -2.34. The van der Waals surface area contributed by atoms with Gasteiger partial charge in [0.2, 0.25) is 5.78 Å². The van der Waals surface area contributed by atoms with Gasteiger partial charge >= 0.3 is 0 Å². The molecule has 0 aliphatic carbocycles. The zero-order valence-corrected chi connectivity index (χ0v) is 29.7. The van der Waals surface area contributed by atoms with E-state index in [1.807, 2.05) is 4.90 Å². The summed E-state index contributed by atoms with van der Waals surface area (Å²) >= 11 is 5.05. The molecule has 0 bridgehead atoms. The van der Waals surface area contributed by atoms with Gasteiger partial charge in [0.15, 0.2) is 0 Å². The minimum Gasteiger partial charge on any atom is -0.360 e. The van der Waals surface area contributed by atoms with Gasteiger partial charge in [-0.05, 0) is 35.9 Å². The van der Waals surface area contributed by atoms with E-state index in [9.17, 15) is 37.5 Å². The molecule has 2 aliphatic rings. The van der Waals surface area contributed by atoms with E-state index in [4.69, 9.17) is 11.6 Å². The average Bonchev–Trinajstić information content (AvgIpc) is 4.05. The van der Waals surface area contributed by atoms with Crippen molar-refractivity contribution in [3.05, 3.63) is 108 Å². The van der Waals surface area contributed by atoms with Crippen LogP contribution in [0.4, 0.5) is 8.78 Å². The summed E-state index contributed by atoms with van der Waals surface area (Å²) in [6, 6.07) is 8.74. The number of aromatic amines is 4. The molecule has 5 N–H and O–H groups in total. The Bertz CT molecular complexity index is 2340. The number of rotatable bonds is 6. The van der Waals surface area contributed by atoms with Crippen LogP contribution in [0.25, 0.3) is 21.8 Å². The van der Waals surface area contributed by atoms with Crippen molar-refractivity contribution in [1.82, 2.24) is 49.9 Å². The van der Waals surface area contributed by atoms with Crippen molar-refractivity contribution >= 4 is 67.9 Å². The lowest BCUT2D eigenvalue weighted by Crippen LogP contribution is -2.52. The number of aromatic nitrogens is 6. The molecule has 2 aromatic carbocycles. The van der Waals surface area contributed by atoms with Crippen LogP contribution in [0, 0.1) is 11.6 Å². The summed E-state index contributed by atoms with van der Waals surface area (Å²) in [7, 11) is 0. The molecular weight excluding hydrogens is 742 g/mol. The SMILES string of the molecule is O=C(C(=O)N1CCN(C(=O)c2cnc[nH]2)CC1)c1c[nH]c2cccc(F)c12.O=C(Cl)C(=O)c1c[nH]c2cccc(F)c12.O=C(c1cnc[nH]1)N1CCNCC1. The van der Waals surface area contributed by atoms with Gasteiger partial charge in [-0.2, -0.15) is 0 Å². The maximum absolute atomic E-state index is 14.1. The highest BCUT2D eigenvalue weighted by atomic mass is 35.5. The Balaban J connectivity index is 0.000000155. The Labute approximate surface area is 315 Å². The number of benzene rings is 2. The van der Waals surface area contributed by atoms with Crippen LogP contribution in [0.3, 0.4) is 0 Å². The predicted octanol–water partition coefficient (Wildman–Crippen LogP) is 2.91. The molecule has 2 fully saturated rings. The molecule has 16 nitrogen and oxygen atoms in total. The first-order chi connectivity index (χ1) is 26.5. The van der Waals surface area contributed by atoms with Crippen LogP contribution in [0.1, 0.15) is 41.7 Å². The summed E-state index contributed by atoms with van der Waals surface area (Å²) in [5.41, 5.74) is 1.84. The molecular formula is C36H33ClF2N10O6. The number of hydrogen-bond acceptors (Lipinski definition) is 9. The summed E-state index contributed by atoms with van der Waals surface area (Å²) in [5.74, 6) is -3.65. The van der Waals surface area contributed by atoms with E-state index >= 15 is 0 Å². The normalized spacial score (nSPS) is 14.1. The smallest absolute Gasteiger partial charge is 0.295 e. The zero-order chi connectivity index (χ0) is 39.1. The zero-order valence-electron chi connectivity index (χ0n) is 28.9. The van der Waals surface area contributed by atoms with E-state index in [2.05, 4.69) is 35.2 Å². The van der Waals surface area contributed by atoms with Crippen molar-refractivity contribution in [2.75, 3.05) is 52.4 Å². The van der Waals surface area contributed by atoms with E-state index < -0.39 is 34.4 Å². The molecule has 0 unspecified atom stereocenters. The second-order valence-electron chi connectivity index (χ2n) is 12.2. The number of H-pyrrole nitrogens is 4. The highest BCUT2D eigenvalue weighted by Crippen LogP contribution is 2.24. The number of piperazine rings is 2. The van der Waals surface area contributed by atoms with Gasteiger partial charge in [-0.15, -0.1) is 0 Å². The number of fused-ring (bicyclic) bond motifs is 2. The van der Waals surface area contributed by atoms with Gasteiger partial charge in [0.05, 0.1) is 36.2 Å². The minimum atomic E-state index is -1.13. The lowest BCUT2D eigenvalue weighted by molar-refractivity contribution is -0.127. The van der Waals surface area contributed by atoms with Gasteiger partial charge in [-0.25, -0.2) is 18.7 Å². The van der Waals surface area contributed by atoms with Crippen LogP contribution in [0.2, 0.25) is 0 Å². The van der Waals surface area contributed by atoms with Crippen molar-refractivity contribution in [3.63, 3.8) is 0 Å². The average molecular weight is 775 g/mol. The summed E-state index contributed by atoms with van der Waals surface area (Å²) < 4.78 is 27.4. The van der Waals surface area contributed by atoms with Crippen molar-refractivity contribution in [3.8, 4) is 0 Å². The summed E-state index contributed by atoms with van der Waals surface area (Å²) in [6.07, 6.45) is 8.57. The Kier molecular flexibility index (Phi) is 11.9. The number of carbonyl (C=O) groups excluding carboxylic acids is 6. The topological polar surface area (TPSA) is 213 Å². The van der Waals surface area contributed by atoms with Gasteiger partial charge in [-0.3, -0.25) is 28.8 Å². The van der Waals surface area contributed by atoms with Crippen molar-refractivity contribution < 1.29 is 37.5 Å². The van der Waals surface area contributed by atoms with Crippen molar-refractivity contribution in [2.24, 2.45) is 0 Å². The molecule has 0 radical (unpaired) electrons. The number of halogens is 3. The molecule has 8 rings (SSSR count). The fourth-order valence-corrected chi connectivity index (χ4v) is 6.17. The Morgan fingerprint density at radius 3 is 1.51 bits per heavy atom. The molecule has 0 spiro atoms. The standard InChI is InChI=1S/C18H16FN5O3.C10H5ClFNO2.C8H12N4O/c19-12-2-1-3-13-15(12)11(8-21-13)16(25)18(27)24-6-4-23(5-7-24)17(26)14-9-20-10-22-14;11-10(15)9(14)5-4-13-7-3-1-2-6(12)8(5)7;13-8(7-5-10-6-11-7)12-3-1-9-2-4-12/h1-3,8-10,21H,4-7H2,(H,20,22);1-4,13H;5-6,9H,1-4H2,(H,10,11). The molecule has 19 heteroatoms. The third-order valence-electron chi connectivity index (χ3n) is 8.89. The van der Waals surface area contributed by atoms with Crippen LogP contribution in [-0.4, -0.2) is 131 Å². The number of hydrogen-bond donors (Lipinski definition) is 5. The van der Waals surface area contributed by atoms with Gasteiger partial charge in [0, 0.05) is 86.6 Å². The first-order valence-electron chi connectivity index (χ1n) is 16.9. The van der Waals surface area contributed by atoms with Gasteiger partial charge < -0.3 is 40.0 Å². The molecule has 2 saturated heterocycles. The third kappa shape index (κ3) is 8.50. The van der Waals surface area contributed by atoms with Crippen LogP contribution in [0.5, 0.6) is 0 Å². The van der Waals surface area contributed by atoms with Crippen molar-refractivity contribution in [1.29, 1.82) is 0 Å². The molecule has 284 valence electrons. The summed E-state index contributed by atoms with van der Waals surface area (Å²) in [6.45, 7) is 4.37. The number of ketones is 2. The van der Waals surface area contributed by atoms with Gasteiger partial charge in [0.1, 0.15) is 23.0 Å². The predicted molar refractivity (Wildman–Crippen MR) is 194 cm³/mol. The maximum Gasteiger partial charge on any atom is 0.295 e. The van der Waals surface area contributed by atoms with E-state index in [0.29, 0.717) is 35.5 Å². The first-order valence-corrected chi connectivity index (χ1v) is 17.3. The number of imidazole rings is 2. The van der Waals surface area contributed by atoms with Gasteiger partial charge in [-0.1, -0.05) is 12.1 Å². The minimum absolute atomic E-state index is 0.0177. The van der Waals surface area contributed by atoms with Crippen LogP contribution < -0.4 is 5.32 Å². The molecule has 6 aromatic rings. The van der Waals surface area contributed by atoms with E-state index in [-0.39, 0.29) is 46.8 Å². The molecule has 55 heavy (non-hydrogen) atoms. The molecule has 0 atom stereocenters. The number of carbonyl (C=O) groups is 6. The first kappa shape index (κ1) is 38.2. The summed E-state index contributed by atoms with van der Waals surface area (Å²) in [4.78, 5) is 94.6. The molecule has 6 heterocycles. The molecule has 3 amide bonds. The van der Waals surface area contributed by atoms with Crippen molar-refractivity contribution in [2.45, 2.75) is 0 Å². The van der Waals surface area contributed by atoms with E-state index in [1.54, 1.807) is 23.2 Å². The Morgan fingerprint density at radius 2 is 1.05 bits per heavy atom. The maximum atomic E-state index is 14.1. The number of Topliss-reactive ketones (excluding diaryl/α,β-unsaturated/α-hetero) is 2. The Morgan fingerprint density at radius 1 is 0.600 bits per heavy atom. The van der Waals surface area contributed by atoms with E-state index in [0.717, 1.165) is 26.2 Å².